The predicted molar refractivity (Wildman–Crippen MR) is 64.7 cm³/mol. The Hall–Kier alpha value is -0.890. The van der Waals surface area contributed by atoms with Crippen LogP contribution in [0.15, 0.2) is 18.2 Å². The van der Waals surface area contributed by atoms with E-state index >= 15 is 0 Å². The van der Waals surface area contributed by atoms with Crippen LogP contribution in [0, 0.1) is 5.92 Å². The zero-order valence-corrected chi connectivity index (χ0v) is 9.35. The minimum Gasteiger partial charge on any atom is -0.382 e. The second-order valence-corrected chi connectivity index (χ2v) is 4.89. The van der Waals surface area contributed by atoms with Crippen molar-refractivity contribution in [1.29, 1.82) is 0 Å². The Labute approximate surface area is 95.0 Å². The fourth-order valence-corrected chi connectivity index (χ4v) is 2.97. The first-order valence-electron chi connectivity index (χ1n) is 5.63. The summed E-state index contributed by atoms with van der Waals surface area (Å²) in [6.07, 6.45) is 3.97. The van der Waals surface area contributed by atoms with Crippen molar-refractivity contribution in [3.63, 3.8) is 0 Å². The molecule has 2 unspecified atom stereocenters. The number of para-hydroxylation sites is 1. The highest BCUT2D eigenvalue weighted by molar-refractivity contribution is 6.34. The minimum atomic E-state index is 0.636. The molecular formula is C12H15ClN2. The molecule has 1 fully saturated rings. The molecule has 0 spiro atoms. The molecule has 2 N–H and O–H groups in total. The molecule has 1 aliphatic carbocycles. The van der Waals surface area contributed by atoms with E-state index in [0.29, 0.717) is 6.04 Å². The van der Waals surface area contributed by atoms with Crippen molar-refractivity contribution in [2.24, 2.45) is 5.92 Å². The molecule has 15 heavy (non-hydrogen) atoms. The van der Waals surface area contributed by atoms with Gasteiger partial charge < -0.3 is 10.6 Å². The molecule has 0 amide bonds. The molecule has 2 atom stereocenters. The van der Waals surface area contributed by atoms with E-state index < -0.39 is 0 Å². The van der Waals surface area contributed by atoms with E-state index in [9.17, 15) is 0 Å². The summed E-state index contributed by atoms with van der Waals surface area (Å²) in [4.78, 5) is 0. The number of anilines is 2. The van der Waals surface area contributed by atoms with Crippen molar-refractivity contribution in [3.8, 4) is 0 Å². The monoisotopic (exact) mass is 222 g/mol. The summed E-state index contributed by atoms with van der Waals surface area (Å²) in [5.41, 5.74) is 2.24. The lowest BCUT2D eigenvalue weighted by Crippen LogP contribution is -2.25. The van der Waals surface area contributed by atoms with Gasteiger partial charge in [0.2, 0.25) is 0 Å². The van der Waals surface area contributed by atoms with Crippen LogP contribution in [-0.4, -0.2) is 12.6 Å². The van der Waals surface area contributed by atoms with Gasteiger partial charge in [-0.25, -0.2) is 0 Å². The summed E-state index contributed by atoms with van der Waals surface area (Å²) in [6, 6.07) is 6.69. The Kier molecular flexibility index (Phi) is 2.24. The fourth-order valence-electron chi connectivity index (χ4n) is 2.73. The number of rotatable bonds is 0. The molecule has 0 saturated heterocycles. The Morgan fingerprint density at radius 2 is 2.20 bits per heavy atom. The number of nitrogens with one attached hydrogen (secondary N) is 2. The average Bonchev–Trinajstić information content (AvgIpc) is 2.58. The standard InChI is InChI=1S/C12H15ClN2/c13-9-4-2-6-11-12(9)14-7-8-3-1-5-10(8)15-11/h2,4,6,8,10,14-15H,1,3,5,7H2. The molecule has 80 valence electrons. The van der Waals surface area contributed by atoms with Crippen LogP contribution in [-0.2, 0) is 0 Å². The summed E-state index contributed by atoms with van der Waals surface area (Å²) >= 11 is 6.17. The number of hydrogen-bond acceptors (Lipinski definition) is 2. The van der Waals surface area contributed by atoms with E-state index in [1.54, 1.807) is 0 Å². The summed E-state index contributed by atoms with van der Waals surface area (Å²) < 4.78 is 0. The van der Waals surface area contributed by atoms with Crippen LogP contribution in [0.4, 0.5) is 11.4 Å². The molecule has 3 heteroatoms. The van der Waals surface area contributed by atoms with Crippen molar-refractivity contribution >= 4 is 23.0 Å². The number of benzene rings is 1. The lowest BCUT2D eigenvalue weighted by atomic mass is 10.0. The van der Waals surface area contributed by atoms with Crippen LogP contribution in [0.25, 0.3) is 0 Å². The smallest absolute Gasteiger partial charge is 0.0765 e. The molecular weight excluding hydrogens is 208 g/mol. The molecule has 1 saturated carbocycles. The average molecular weight is 223 g/mol. The number of halogens is 1. The maximum Gasteiger partial charge on any atom is 0.0765 e. The van der Waals surface area contributed by atoms with Crippen molar-refractivity contribution in [2.75, 3.05) is 17.2 Å². The van der Waals surface area contributed by atoms with Gasteiger partial charge in [-0.2, -0.15) is 0 Å². The molecule has 2 aliphatic rings. The van der Waals surface area contributed by atoms with Gasteiger partial charge in [0.05, 0.1) is 16.4 Å². The molecule has 0 aromatic heterocycles. The Morgan fingerprint density at radius 3 is 3.13 bits per heavy atom. The third-order valence-electron chi connectivity index (χ3n) is 3.55. The molecule has 0 radical (unpaired) electrons. The van der Waals surface area contributed by atoms with Crippen LogP contribution < -0.4 is 10.6 Å². The Bertz CT molecular complexity index is 378. The lowest BCUT2D eigenvalue weighted by Gasteiger charge is -2.17. The SMILES string of the molecule is Clc1cccc2c1NCC1CCCC1N2. The van der Waals surface area contributed by atoms with Crippen LogP contribution in [0.3, 0.4) is 0 Å². The topological polar surface area (TPSA) is 24.1 Å². The van der Waals surface area contributed by atoms with Crippen LogP contribution in [0.2, 0.25) is 5.02 Å². The van der Waals surface area contributed by atoms with Gasteiger partial charge in [0.25, 0.3) is 0 Å². The third kappa shape index (κ3) is 1.57. The highest BCUT2D eigenvalue weighted by Gasteiger charge is 2.30. The summed E-state index contributed by atoms with van der Waals surface area (Å²) in [5.74, 6) is 0.758. The van der Waals surface area contributed by atoms with Crippen molar-refractivity contribution in [1.82, 2.24) is 0 Å². The first-order chi connectivity index (χ1) is 7.34. The van der Waals surface area contributed by atoms with Gasteiger partial charge in [-0.1, -0.05) is 24.1 Å². The van der Waals surface area contributed by atoms with Gasteiger partial charge in [0.1, 0.15) is 0 Å². The Morgan fingerprint density at radius 1 is 1.27 bits per heavy atom. The van der Waals surface area contributed by atoms with E-state index in [2.05, 4.69) is 16.7 Å². The lowest BCUT2D eigenvalue weighted by molar-refractivity contribution is 0.537. The molecule has 3 rings (SSSR count). The van der Waals surface area contributed by atoms with E-state index in [0.717, 1.165) is 28.9 Å². The van der Waals surface area contributed by atoms with Gasteiger partial charge >= 0.3 is 0 Å². The number of fused-ring (bicyclic) bond motifs is 2. The highest BCUT2D eigenvalue weighted by Crippen LogP contribution is 2.38. The molecule has 2 nitrogen and oxygen atoms in total. The van der Waals surface area contributed by atoms with Gasteiger partial charge in [-0.05, 0) is 30.9 Å². The largest absolute Gasteiger partial charge is 0.382 e. The highest BCUT2D eigenvalue weighted by atomic mass is 35.5. The first kappa shape index (κ1) is 9.34. The van der Waals surface area contributed by atoms with Gasteiger partial charge in [0.15, 0.2) is 0 Å². The first-order valence-corrected chi connectivity index (χ1v) is 6.01. The Balaban J connectivity index is 1.97. The predicted octanol–water partition coefficient (Wildman–Crippen LogP) is 3.35. The normalized spacial score (nSPS) is 28.3. The summed E-state index contributed by atoms with van der Waals surface area (Å²) in [7, 11) is 0. The maximum absolute atomic E-state index is 6.17. The van der Waals surface area contributed by atoms with Crippen LogP contribution in [0.1, 0.15) is 19.3 Å². The minimum absolute atomic E-state index is 0.636. The zero-order valence-electron chi connectivity index (χ0n) is 8.59. The van der Waals surface area contributed by atoms with Crippen LogP contribution >= 0.6 is 11.6 Å². The van der Waals surface area contributed by atoms with E-state index in [1.165, 1.54) is 19.3 Å². The summed E-state index contributed by atoms with van der Waals surface area (Å²) in [5, 5.41) is 7.91. The van der Waals surface area contributed by atoms with Crippen molar-refractivity contribution in [2.45, 2.75) is 25.3 Å². The molecule has 1 aromatic rings. The van der Waals surface area contributed by atoms with E-state index in [1.807, 2.05) is 12.1 Å². The van der Waals surface area contributed by atoms with E-state index in [4.69, 9.17) is 11.6 Å². The zero-order chi connectivity index (χ0) is 10.3. The molecule has 1 aliphatic heterocycles. The van der Waals surface area contributed by atoms with Crippen molar-refractivity contribution < 1.29 is 0 Å². The maximum atomic E-state index is 6.17. The van der Waals surface area contributed by atoms with Crippen molar-refractivity contribution in [3.05, 3.63) is 23.2 Å². The van der Waals surface area contributed by atoms with E-state index in [-0.39, 0.29) is 0 Å². The van der Waals surface area contributed by atoms with Gasteiger partial charge in [-0.15, -0.1) is 0 Å². The second kappa shape index (κ2) is 3.60. The molecule has 0 bridgehead atoms. The molecule has 1 aromatic carbocycles. The molecule has 1 heterocycles. The fraction of sp³-hybridized carbons (Fsp3) is 0.500. The van der Waals surface area contributed by atoms with Crippen LogP contribution in [0.5, 0.6) is 0 Å². The number of hydrogen-bond donors (Lipinski definition) is 2. The third-order valence-corrected chi connectivity index (χ3v) is 3.87. The summed E-state index contributed by atoms with van der Waals surface area (Å²) in [6.45, 7) is 1.05. The van der Waals surface area contributed by atoms with Gasteiger partial charge in [-0.3, -0.25) is 0 Å². The second-order valence-electron chi connectivity index (χ2n) is 4.49. The van der Waals surface area contributed by atoms with Gasteiger partial charge in [0, 0.05) is 12.6 Å². The quantitative estimate of drug-likeness (QED) is 0.704.